The molecule has 26 heavy (non-hydrogen) atoms. The quantitative estimate of drug-likeness (QED) is 0.590. The van der Waals surface area contributed by atoms with Crippen LogP contribution in [0, 0.1) is 0 Å². The number of hydrogen-bond acceptors (Lipinski definition) is 3. The van der Waals surface area contributed by atoms with Gasteiger partial charge in [-0.2, -0.15) is 0 Å². The molecule has 0 heterocycles. The third-order valence-electron chi connectivity index (χ3n) is 3.80. The van der Waals surface area contributed by atoms with Crippen LogP contribution in [0.15, 0.2) is 54.6 Å². The molecule has 0 aromatic heterocycles. The smallest absolute Gasteiger partial charge is 0.251 e. The van der Waals surface area contributed by atoms with Crippen LogP contribution < -0.4 is 16.0 Å². The number of halogens is 1. The van der Waals surface area contributed by atoms with Crippen LogP contribution in [0.1, 0.15) is 28.8 Å². The Morgan fingerprint density at radius 3 is 2.27 bits per heavy atom. The van der Waals surface area contributed by atoms with Gasteiger partial charge in [0.05, 0.1) is 0 Å². The van der Waals surface area contributed by atoms with Crippen LogP contribution in [-0.4, -0.2) is 32.0 Å². The van der Waals surface area contributed by atoms with Crippen LogP contribution in [0.25, 0.3) is 0 Å². The van der Waals surface area contributed by atoms with Gasteiger partial charge < -0.3 is 16.0 Å². The monoisotopic (exact) mass is 375 g/mol. The predicted octanol–water partition coefficient (Wildman–Crippen LogP) is 3.02. The molecule has 0 aliphatic carbocycles. The first-order valence-electron chi connectivity index (χ1n) is 8.55. The summed E-state index contributed by atoms with van der Waals surface area (Å²) in [5, 5.41) is 8.75. The Morgan fingerprint density at radius 1 is 0.923 bits per heavy atom. The van der Waals surface area contributed by atoms with Gasteiger partial charge in [-0.15, -0.1) is 12.4 Å². The maximum atomic E-state index is 12.1. The zero-order chi connectivity index (χ0) is 17.9. The van der Waals surface area contributed by atoms with Crippen molar-refractivity contribution < 1.29 is 9.59 Å². The predicted molar refractivity (Wildman–Crippen MR) is 108 cm³/mol. The van der Waals surface area contributed by atoms with Gasteiger partial charge in [0.2, 0.25) is 5.91 Å². The van der Waals surface area contributed by atoms with Crippen LogP contribution in [0.5, 0.6) is 0 Å². The average Bonchev–Trinajstić information content (AvgIpc) is 2.63. The van der Waals surface area contributed by atoms with Crippen molar-refractivity contribution in [2.24, 2.45) is 0 Å². The molecule has 2 aromatic carbocycles. The van der Waals surface area contributed by atoms with E-state index in [1.807, 2.05) is 37.4 Å². The first-order valence-corrected chi connectivity index (χ1v) is 8.55. The molecule has 0 bridgehead atoms. The van der Waals surface area contributed by atoms with Gasteiger partial charge in [0, 0.05) is 24.2 Å². The molecule has 0 spiro atoms. The molecule has 140 valence electrons. The van der Waals surface area contributed by atoms with Gasteiger partial charge >= 0.3 is 0 Å². The fourth-order valence-electron chi connectivity index (χ4n) is 2.42. The summed E-state index contributed by atoms with van der Waals surface area (Å²) in [5.74, 6) is -0.127. The molecule has 0 aliphatic heterocycles. The normalized spacial score (nSPS) is 9.88. The highest BCUT2D eigenvalue weighted by molar-refractivity contribution is 5.95. The van der Waals surface area contributed by atoms with Crippen LogP contribution in [-0.2, 0) is 11.2 Å². The minimum atomic E-state index is -0.108. The summed E-state index contributed by atoms with van der Waals surface area (Å²) < 4.78 is 0. The van der Waals surface area contributed by atoms with Gasteiger partial charge in [0.1, 0.15) is 0 Å². The van der Waals surface area contributed by atoms with Crippen molar-refractivity contribution in [3.05, 3.63) is 65.7 Å². The Balaban J connectivity index is 0.00000338. The summed E-state index contributed by atoms with van der Waals surface area (Å²) in [7, 11) is 1.86. The van der Waals surface area contributed by atoms with Crippen molar-refractivity contribution >= 4 is 29.9 Å². The summed E-state index contributed by atoms with van der Waals surface area (Å²) in [4.78, 5) is 23.9. The molecule has 0 saturated heterocycles. The third kappa shape index (κ3) is 7.68. The van der Waals surface area contributed by atoms with E-state index in [2.05, 4.69) is 16.0 Å². The summed E-state index contributed by atoms with van der Waals surface area (Å²) in [5.41, 5.74) is 2.48. The SMILES string of the molecule is CNCCCC(=O)Nc1ccc(C(=O)NCCc2ccccc2)cc1.Cl. The van der Waals surface area contributed by atoms with Crippen molar-refractivity contribution in [3.63, 3.8) is 0 Å². The molecule has 2 rings (SSSR count). The molecular formula is C20H26ClN3O2. The first kappa shape index (κ1) is 21.7. The highest BCUT2D eigenvalue weighted by Crippen LogP contribution is 2.10. The molecule has 0 unspecified atom stereocenters. The zero-order valence-corrected chi connectivity index (χ0v) is 15.8. The molecule has 0 saturated carbocycles. The summed E-state index contributed by atoms with van der Waals surface area (Å²) in [6, 6.07) is 17.0. The number of benzene rings is 2. The van der Waals surface area contributed by atoms with Crippen molar-refractivity contribution in [3.8, 4) is 0 Å². The molecular weight excluding hydrogens is 350 g/mol. The van der Waals surface area contributed by atoms with E-state index in [9.17, 15) is 9.59 Å². The van der Waals surface area contributed by atoms with E-state index < -0.39 is 0 Å². The van der Waals surface area contributed by atoms with Crippen molar-refractivity contribution in [2.75, 3.05) is 25.5 Å². The minimum Gasteiger partial charge on any atom is -0.352 e. The molecule has 0 radical (unpaired) electrons. The molecule has 0 fully saturated rings. The van der Waals surface area contributed by atoms with Gasteiger partial charge in [-0.05, 0) is 56.3 Å². The van der Waals surface area contributed by atoms with E-state index in [1.165, 1.54) is 5.56 Å². The number of carbonyl (C=O) groups is 2. The standard InChI is InChI=1S/C20H25N3O2.ClH/c1-21-14-5-8-19(24)23-18-11-9-17(10-12-18)20(25)22-15-13-16-6-3-2-4-7-16;/h2-4,6-7,9-12,21H,5,8,13-15H2,1H3,(H,22,25)(H,23,24);1H. The molecule has 6 heteroatoms. The van der Waals surface area contributed by atoms with Crippen molar-refractivity contribution in [2.45, 2.75) is 19.3 Å². The first-order chi connectivity index (χ1) is 12.2. The number of nitrogens with one attached hydrogen (secondary N) is 3. The van der Waals surface area contributed by atoms with Crippen LogP contribution in [0.2, 0.25) is 0 Å². The van der Waals surface area contributed by atoms with Gasteiger partial charge in [-0.3, -0.25) is 9.59 Å². The van der Waals surface area contributed by atoms with E-state index in [0.29, 0.717) is 24.2 Å². The summed E-state index contributed by atoms with van der Waals surface area (Å²) in [6.07, 6.45) is 2.07. The molecule has 2 amide bonds. The highest BCUT2D eigenvalue weighted by Gasteiger charge is 2.06. The lowest BCUT2D eigenvalue weighted by Crippen LogP contribution is -2.25. The van der Waals surface area contributed by atoms with Crippen LogP contribution in [0.4, 0.5) is 5.69 Å². The van der Waals surface area contributed by atoms with E-state index >= 15 is 0 Å². The van der Waals surface area contributed by atoms with Gasteiger partial charge in [0.15, 0.2) is 0 Å². The number of rotatable bonds is 9. The third-order valence-corrected chi connectivity index (χ3v) is 3.80. The number of anilines is 1. The number of amides is 2. The zero-order valence-electron chi connectivity index (χ0n) is 15.0. The molecule has 0 aliphatic rings. The largest absolute Gasteiger partial charge is 0.352 e. The lowest BCUT2D eigenvalue weighted by atomic mass is 10.1. The second kappa shape index (κ2) is 12.1. The van der Waals surface area contributed by atoms with E-state index in [0.717, 1.165) is 19.4 Å². The van der Waals surface area contributed by atoms with Crippen molar-refractivity contribution in [1.29, 1.82) is 0 Å². The summed E-state index contributed by atoms with van der Waals surface area (Å²) in [6.45, 7) is 1.41. The topological polar surface area (TPSA) is 70.2 Å². The molecule has 0 atom stereocenters. The molecule has 5 nitrogen and oxygen atoms in total. The average molecular weight is 376 g/mol. The lowest BCUT2D eigenvalue weighted by molar-refractivity contribution is -0.116. The van der Waals surface area contributed by atoms with E-state index in [-0.39, 0.29) is 24.2 Å². The summed E-state index contributed by atoms with van der Waals surface area (Å²) >= 11 is 0. The Kier molecular flexibility index (Phi) is 10.1. The molecule has 3 N–H and O–H groups in total. The van der Waals surface area contributed by atoms with E-state index in [1.54, 1.807) is 24.3 Å². The number of hydrogen-bond donors (Lipinski definition) is 3. The van der Waals surface area contributed by atoms with Crippen LogP contribution >= 0.6 is 12.4 Å². The van der Waals surface area contributed by atoms with Gasteiger partial charge in [-0.1, -0.05) is 30.3 Å². The van der Waals surface area contributed by atoms with Gasteiger partial charge in [0.25, 0.3) is 5.91 Å². The number of carbonyl (C=O) groups excluding carboxylic acids is 2. The lowest BCUT2D eigenvalue weighted by Gasteiger charge is -2.08. The van der Waals surface area contributed by atoms with Gasteiger partial charge in [-0.25, -0.2) is 0 Å². The Morgan fingerprint density at radius 2 is 1.62 bits per heavy atom. The maximum Gasteiger partial charge on any atom is 0.251 e. The highest BCUT2D eigenvalue weighted by atomic mass is 35.5. The van der Waals surface area contributed by atoms with Crippen LogP contribution in [0.3, 0.4) is 0 Å². The van der Waals surface area contributed by atoms with Crippen molar-refractivity contribution in [1.82, 2.24) is 10.6 Å². The molecule has 2 aromatic rings. The second-order valence-electron chi connectivity index (χ2n) is 5.82. The minimum absolute atomic E-state index is 0. The fraction of sp³-hybridized carbons (Fsp3) is 0.300. The Hall–Kier alpha value is -2.37. The van der Waals surface area contributed by atoms with E-state index in [4.69, 9.17) is 0 Å². The fourth-order valence-corrected chi connectivity index (χ4v) is 2.42. The Labute approximate surface area is 161 Å². The second-order valence-corrected chi connectivity index (χ2v) is 5.82. The Bertz CT molecular complexity index is 675. The maximum absolute atomic E-state index is 12.1.